The molecule has 17 heavy (non-hydrogen) atoms. The number of nitrogens with two attached hydrogens (primary N) is 1. The van der Waals surface area contributed by atoms with E-state index in [1.807, 2.05) is 13.8 Å². The summed E-state index contributed by atoms with van der Waals surface area (Å²) < 4.78 is 5.24. The van der Waals surface area contributed by atoms with E-state index in [0.717, 1.165) is 6.42 Å². The lowest BCUT2D eigenvalue weighted by Crippen LogP contribution is -2.41. The number of hydrogen-bond donors (Lipinski definition) is 3. The molecule has 0 bridgehead atoms. The van der Waals surface area contributed by atoms with Gasteiger partial charge in [-0.1, -0.05) is 13.8 Å². The minimum Gasteiger partial charge on any atom is -0.396 e. The highest BCUT2D eigenvalue weighted by molar-refractivity contribution is 5.81. The number of rotatable bonds is 10. The van der Waals surface area contributed by atoms with Crippen molar-refractivity contribution in [2.24, 2.45) is 11.7 Å². The zero-order valence-corrected chi connectivity index (χ0v) is 10.9. The molecule has 0 aliphatic carbocycles. The number of ether oxygens (including phenoxy) is 1. The molecule has 0 spiro atoms. The van der Waals surface area contributed by atoms with E-state index in [0.29, 0.717) is 38.5 Å². The molecule has 0 fully saturated rings. The van der Waals surface area contributed by atoms with Gasteiger partial charge in [0.25, 0.3) is 0 Å². The first-order valence-electron chi connectivity index (χ1n) is 6.29. The van der Waals surface area contributed by atoms with Crippen molar-refractivity contribution in [3.05, 3.63) is 0 Å². The fraction of sp³-hybridized carbons (Fsp3) is 0.917. The van der Waals surface area contributed by atoms with Gasteiger partial charge in [0.05, 0.1) is 6.04 Å². The maximum Gasteiger partial charge on any atom is 0.236 e. The average Bonchev–Trinajstić information content (AvgIpc) is 2.26. The highest BCUT2D eigenvalue weighted by Gasteiger charge is 2.13. The largest absolute Gasteiger partial charge is 0.396 e. The molecule has 5 nitrogen and oxygen atoms in total. The van der Waals surface area contributed by atoms with Crippen molar-refractivity contribution in [1.82, 2.24) is 5.32 Å². The second-order valence-corrected chi connectivity index (χ2v) is 4.57. The van der Waals surface area contributed by atoms with Gasteiger partial charge in [0.15, 0.2) is 0 Å². The van der Waals surface area contributed by atoms with Gasteiger partial charge in [-0.15, -0.1) is 0 Å². The van der Waals surface area contributed by atoms with Gasteiger partial charge in [0, 0.05) is 26.4 Å². The molecule has 0 heterocycles. The smallest absolute Gasteiger partial charge is 0.236 e. The molecule has 0 saturated heterocycles. The second kappa shape index (κ2) is 10.5. The Hall–Kier alpha value is -0.650. The van der Waals surface area contributed by atoms with E-state index in [2.05, 4.69) is 5.32 Å². The number of aliphatic hydroxyl groups is 1. The molecule has 0 aromatic carbocycles. The average molecular weight is 246 g/mol. The quantitative estimate of drug-likeness (QED) is 0.483. The fourth-order valence-electron chi connectivity index (χ4n) is 1.40. The van der Waals surface area contributed by atoms with E-state index in [1.54, 1.807) is 0 Å². The van der Waals surface area contributed by atoms with Crippen molar-refractivity contribution < 1.29 is 14.6 Å². The summed E-state index contributed by atoms with van der Waals surface area (Å²) in [6.07, 6.45) is 2.13. The van der Waals surface area contributed by atoms with Gasteiger partial charge in [-0.25, -0.2) is 0 Å². The summed E-state index contributed by atoms with van der Waals surface area (Å²) in [5.41, 5.74) is 5.73. The Morgan fingerprint density at radius 3 is 2.59 bits per heavy atom. The number of amides is 1. The van der Waals surface area contributed by atoms with E-state index in [-0.39, 0.29) is 12.5 Å². The molecule has 0 radical (unpaired) electrons. The number of hydrogen-bond acceptors (Lipinski definition) is 4. The SMILES string of the molecule is CC(C)CC(N)C(=O)NCCCOCCCO. The minimum absolute atomic E-state index is 0.0888. The lowest BCUT2D eigenvalue weighted by Gasteiger charge is -2.14. The van der Waals surface area contributed by atoms with Gasteiger partial charge in [0.2, 0.25) is 5.91 Å². The molecule has 4 N–H and O–H groups in total. The summed E-state index contributed by atoms with van der Waals surface area (Å²) in [4.78, 5) is 11.5. The lowest BCUT2D eigenvalue weighted by atomic mass is 10.0. The van der Waals surface area contributed by atoms with Crippen LogP contribution in [0.5, 0.6) is 0 Å². The summed E-state index contributed by atoms with van der Waals surface area (Å²) in [5, 5.41) is 11.3. The topological polar surface area (TPSA) is 84.6 Å². The van der Waals surface area contributed by atoms with E-state index in [4.69, 9.17) is 15.6 Å². The van der Waals surface area contributed by atoms with Crippen LogP contribution in [-0.4, -0.2) is 43.4 Å². The van der Waals surface area contributed by atoms with Crippen molar-refractivity contribution in [2.75, 3.05) is 26.4 Å². The third-order valence-corrected chi connectivity index (χ3v) is 2.27. The molecule has 0 rings (SSSR count). The molecule has 1 atom stereocenters. The normalized spacial score (nSPS) is 12.8. The molecule has 102 valence electrons. The van der Waals surface area contributed by atoms with Crippen LogP contribution in [0.25, 0.3) is 0 Å². The zero-order valence-electron chi connectivity index (χ0n) is 10.9. The summed E-state index contributed by atoms with van der Waals surface area (Å²) in [5.74, 6) is 0.339. The highest BCUT2D eigenvalue weighted by Crippen LogP contribution is 2.02. The number of carbonyl (C=O) groups excluding carboxylic acids is 1. The van der Waals surface area contributed by atoms with Crippen LogP contribution in [-0.2, 0) is 9.53 Å². The molecule has 0 saturated carbocycles. The Kier molecular flexibility index (Phi) is 10.1. The molecule has 0 aromatic heterocycles. The first kappa shape index (κ1) is 16.4. The number of aliphatic hydroxyl groups excluding tert-OH is 1. The molecule has 5 heteroatoms. The Morgan fingerprint density at radius 2 is 2.00 bits per heavy atom. The summed E-state index contributed by atoms with van der Waals surface area (Å²) in [6.45, 7) is 5.99. The van der Waals surface area contributed by atoms with Crippen LogP contribution in [0.15, 0.2) is 0 Å². The molecule has 0 aliphatic rings. The van der Waals surface area contributed by atoms with Crippen LogP contribution in [0.1, 0.15) is 33.1 Å². The van der Waals surface area contributed by atoms with Crippen LogP contribution in [0.4, 0.5) is 0 Å². The highest BCUT2D eigenvalue weighted by atomic mass is 16.5. The Balaban J connectivity index is 3.38. The Bertz CT molecular complexity index is 198. The monoisotopic (exact) mass is 246 g/mol. The van der Waals surface area contributed by atoms with Crippen molar-refractivity contribution in [3.8, 4) is 0 Å². The van der Waals surface area contributed by atoms with Gasteiger partial charge in [0.1, 0.15) is 0 Å². The van der Waals surface area contributed by atoms with Crippen LogP contribution in [0, 0.1) is 5.92 Å². The summed E-state index contributed by atoms with van der Waals surface area (Å²) >= 11 is 0. The first-order valence-corrected chi connectivity index (χ1v) is 6.29. The van der Waals surface area contributed by atoms with Crippen molar-refractivity contribution in [3.63, 3.8) is 0 Å². The Labute approximate surface area is 104 Å². The number of carbonyl (C=O) groups is 1. The molecular formula is C12H26N2O3. The summed E-state index contributed by atoms with van der Waals surface area (Å²) in [7, 11) is 0. The lowest BCUT2D eigenvalue weighted by molar-refractivity contribution is -0.122. The van der Waals surface area contributed by atoms with Crippen molar-refractivity contribution in [2.45, 2.75) is 39.2 Å². The fourth-order valence-corrected chi connectivity index (χ4v) is 1.40. The second-order valence-electron chi connectivity index (χ2n) is 4.57. The van der Waals surface area contributed by atoms with Gasteiger partial charge < -0.3 is 20.9 Å². The minimum atomic E-state index is -0.412. The zero-order chi connectivity index (χ0) is 13.1. The molecule has 0 aliphatic heterocycles. The van der Waals surface area contributed by atoms with Crippen LogP contribution < -0.4 is 11.1 Å². The molecule has 0 aromatic rings. The van der Waals surface area contributed by atoms with Gasteiger partial charge in [-0.3, -0.25) is 4.79 Å². The molecule has 1 unspecified atom stereocenters. The van der Waals surface area contributed by atoms with Gasteiger partial charge >= 0.3 is 0 Å². The van der Waals surface area contributed by atoms with Crippen LogP contribution >= 0.6 is 0 Å². The standard InChI is InChI=1S/C12H26N2O3/c1-10(2)9-11(13)12(16)14-5-3-7-17-8-4-6-15/h10-11,15H,3-9,13H2,1-2H3,(H,14,16). The van der Waals surface area contributed by atoms with E-state index < -0.39 is 6.04 Å². The maximum absolute atomic E-state index is 11.5. The van der Waals surface area contributed by atoms with E-state index >= 15 is 0 Å². The number of nitrogens with one attached hydrogen (secondary N) is 1. The van der Waals surface area contributed by atoms with Crippen molar-refractivity contribution in [1.29, 1.82) is 0 Å². The first-order chi connectivity index (χ1) is 8.07. The third kappa shape index (κ3) is 10.2. The van der Waals surface area contributed by atoms with Crippen LogP contribution in [0.2, 0.25) is 0 Å². The van der Waals surface area contributed by atoms with Crippen LogP contribution in [0.3, 0.4) is 0 Å². The van der Waals surface area contributed by atoms with Gasteiger partial charge in [-0.2, -0.15) is 0 Å². The third-order valence-electron chi connectivity index (χ3n) is 2.27. The molecular weight excluding hydrogens is 220 g/mol. The summed E-state index contributed by atoms with van der Waals surface area (Å²) in [6, 6.07) is -0.412. The predicted octanol–water partition coefficient (Wildman–Crippen LogP) is 0.265. The van der Waals surface area contributed by atoms with Crippen molar-refractivity contribution >= 4 is 5.91 Å². The van der Waals surface area contributed by atoms with E-state index in [9.17, 15) is 4.79 Å². The van der Waals surface area contributed by atoms with E-state index in [1.165, 1.54) is 0 Å². The predicted molar refractivity (Wildman–Crippen MR) is 67.6 cm³/mol. The Morgan fingerprint density at radius 1 is 1.35 bits per heavy atom. The van der Waals surface area contributed by atoms with Gasteiger partial charge in [-0.05, 0) is 25.2 Å². The molecule has 1 amide bonds. The maximum atomic E-state index is 11.5.